The van der Waals surface area contributed by atoms with Crippen molar-refractivity contribution in [2.75, 3.05) is 39.9 Å². The fourth-order valence-electron chi connectivity index (χ4n) is 4.39. The van der Waals surface area contributed by atoms with Crippen LogP contribution in [0.15, 0.2) is 30.3 Å². The molecule has 2 aliphatic rings. The topological polar surface area (TPSA) is 61.9 Å². The van der Waals surface area contributed by atoms with E-state index in [0.717, 1.165) is 51.9 Å². The Balaban J connectivity index is 1.51. The minimum atomic E-state index is -0.0502. The Hall–Kier alpha value is -1.92. The van der Waals surface area contributed by atoms with Crippen LogP contribution in [0.3, 0.4) is 0 Å². The Bertz CT molecular complexity index is 637. The van der Waals surface area contributed by atoms with E-state index in [1.54, 1.807) is 7.11 Å². The Kier molecular flexibility index (Phi) is 7.86. The van der Waals surface area contributed by atoms with Crippen LogP contribution in [0.25, 0.3) is 0 Å². The predicted octanol–water partition coefficient (Wildman–Crippen LogP) is 2.04. The molecule has 2 fully saturated rings. The number of methoxy groups -OCH3 is 1. The molecule has 2 amide bonds. The Morgan fingerprint density at radius 3 is 2.75 bits per heavy atom. The number of carbonyl (C=O) groups is 2. The van der Waals surface area contributed by atoms with Gasteiger partial charge < -0.3 is 15.0 Å². The predicted molar refractivity (Wildman–Crippen MR) is 109 cm³/mol. The Morgan fingerprint density at radius 1 is 1.21 bits per heavy atom. The number of nitrogens with zero attached hydrogens (tertiary/aromatic N) is 2. The summed E-state index contributed by atoms with van der Waals surface area (Å²) in [6, 6.07) is 10.5. The third-order valence-corrected chi connectivity index (χ3v) is 5.87. The SMILES string of the molecule is COC[C@@H]1[C@H](C(=O)NCCCN2CCCC2=O)CCCN1Cc1ccccc1. The highest BCUT2D eigenvalue weighted by molar-refractivity contribution is 5.79. The Morgan fingerprint density at radius 2 is 2.04 bits per heavy atom. The van der Waals surface area contributed by atoms with Crippen LogP contribution in [0.4, 0.5) is 0 Å². The number of piperidine rings is 1. The molecule has 6 nitrogen and oxygen atoms in total. The third kappa shape index (κ3) is 5.55. The molecular formula is C22H33N3O3. The fourth-order valence-corrected chi connectivity index (χ4v) is 4.39. The molecule has 2 atom stereocenters. The average molecular weight is 388 g/mol. The molecule has 1 N–H and O–H groups in total. The number of benzene rings is 1. The lowest BCUT2D eigenvalue weighted by molar-refractivity contribution is -0.130. The maximum Gasteiger partial charge on any atom is 0.224 e. The first-order valence-electron chi connectivity index (χ1n) is 10.5. The molecule has 0 aliphatic carbocycles. The van der Waals surface area contributed by atoms with Crippen molar-refractivity contribution in [3.8, 4) is 0 Å². The van der Waals surface area contributed by atoms with Crippen LogP contribution in [-0.2, 0) is 20.9 Å². The van der Waals surface area contributed by atoms with Crippen LogP contribution in [-0.4, -0.2) is 67.6 Å². The van der Waals surface area contributed by atoms with Crippen LogP contribution >= 0.6 is 0 Å². The van der Waals surface area contributed by atoms with Gasteiger partial charge in [-0.05, 0) is 37.8 Å². The van der Waals surface area contributed by atoms with Gasteiger partial charge in [0.25, 0.3) is 0 Å². The summed E-state index contributed by atoms with van der Waals surface area (Å²) in [7, 11) is 1.71. The minimum Gasteiger partial charge on any atom is -0.383 e. The quantitative estimate of drug-likeness (QED) is 0.659. The van der Waals surface area contributed by atoms with Gasteiger partial charge in [0.05, 0.1) is 12.5 Å². The number of rotatable bonds is 9. The van der Waals surface area contributed by atoms with Crippen LogP contribution < -0.4 is 5.32 Å². The summed E-state index contributed by atoms with van der Waals surface area (Å²) < 4.78 is 5.47. The molecule has 6 heteroatoms. The van der Waals surface area contributed by atoms with Gasteiger partial charge in [0.15, 0.2) is 0 Å². The largest absolute Gasteiger partial charge is 0.383 e. The van der Waals surface area contributed by atoms with E-state index in [-0.39, 0.29) is 23.8 Å². The molecule has 1 aromatic rings. The molecule has 2 aliphatic heterocycles. The number of hydrogen-bond donors (Lipinski definition) is 1. The van der Waals surface area contributed by atoms with Crippen molar-refractivity contribution in [3.63, 3.8) is 0 Å². The molecule has 1 aromatic carbocycles. The maximum atomic E-state index is 12.9. The van der Waals surface area contributed by atoms with E-state index in [1.807, 2.05) is 11.0 Å². The van der Waals surface area contributed by atoms with Gasteiger partial charge in [-0.3, -0.25) is 14.5 Å². The highest BCUT2D eigenvalue weighted by Crippen LogP contribution is 2.26. The highest BCUT2D eigenvalue weighted by atomic mass is 16.5. The standard InChI is InChI=1S/C22H33N3O3/c1-28-17-20-19(10-5-14-25(20)16-18-8-3-2-4-9-18)22(27)23-12-7-15-24-13-6-11-21(24)26/h2-4,8-9,19-20H,5-7,10-17H2,1H3,(H,23,27)/t19-,20-/m1/s1. The van der Waals surface area contributed by atoms with Crippen molar-refractivity contribution >= 4 is 11.8 Å². The first-order valence-corrected chi connectivity index (χ1v) is 10.5. The van der Waals surface area contributed by atoms with Gasteiger partial charge in [0.1, 0.15) is 0 Å². The summed E-state index contributed by atoms with van der Waals surface area (Å²) in [5.41, 5.74) is 1.26. The molecule has 28 heavy (non-hydrogen) atoms. The second kappa shape index (κ2) is 10.6. The van der Waals surface area contributed by atoms with E-state index in [0.29, 0.717) is 19.6 Å². The number of ether oxygens (including phenoxy) is 1. The zero-order chi connectivity index (χ0) is 19.8. The zero-order valence-electron chi connectivity index (χ0n) is 16.9. The summed E-state index contributed by atoms with van der Waals surface area (Å²) in [6.07, 6.45) is 4.36. The van der Waals surface area contributed by atoms with E-state index in [4.69, 9.17) is 4.74 Å². The van der Waals surface area contributed by atoms with Crippen molar-refractivity contribution in [1.29, 1.82) is 0 Å². The summed E-state index contributed by atoms with van der Waals surface area (Å²) >= 11 is 0. The van der Waals surface area contributed by atoms with Gasteiger partial charge in [0.2, 0.25) is 11.8 Å². The van der Waals surface area contributed by atoms with Gasteiger partial charge in [-0.1, -0.05) is 30.3 Å². The first-order chi connectivity index (χ1) is 13.7. The van der Waals surface area contributed by atoms with E-state index in [1.165, 1.54) is 5.56 Å². The monoisotopic (exact) mass is 387 g/mol. The lowest BCUT2D eigenvalue weighted by Gasteiger charge is -2.40. The number of amides is 2. The lowest BCUT2D eigenvalue weighted by atomic mass is 9.88. The molecule has 3 rings (SSSR count). The number of nitrogens with one attached hydrogen (secondary N) is 1. The molecule has 0 bridgehead atoms. The zero-order valence-corrected chi connectivity index (χ0v) is 16.9. The summed E-state index contributed by atoms with van der Waals surface area (Å²) in [4.78, 5) is 28.8. The van der Waals surface area contributed by atoms with Crippen LogP contribution in [0.5, 0.6) is 0 Å². The van der Waals surface area contributed by atoms with Gasteiger partial charge in [0, 0.05) is 45.8 Å². The van der Waals surface area contributed by atoms with Gasteiger partial charge in [-0.25, -0.2) is 0 Å². The van der Waals surface area contributed by atoms with Crippen LogP contribution in [0.1, 0.15) is 37.7 Å². The number of hydrogen-bond acceptors (Lipinski definition) is 4. The van der Waals surface area contributed by atoms with Crippen LogP contribution in [0, 0.1) is 5.92 Å². The van der Waals surface area contributed by atoms with Crippen molar-refractivity contribution in [2.45, 2.75) is 44.7 Å². The Labute approximate surface area is 168 Å². The van der Waals surface area contributed by atoms with Gasteiger partial charge in [-0.2, -0.15) is 0 Å². The second-order valence-corrected chi connectivity index (χ2v) is 7.86. The summed E-state index contributed by atoms with van der Waals surface area (Å²) in [6.45, 7) is 4.62. The third-order valence-electron chi connectivity index (χ3n) is 5.87. The number of carbonyl (C=O) groups excluding carboxylic acids is 2. The van der Waals surface area contributed by atoms with Crippen molar-refractivity contribution in [1.82, 2.24) is 15.1 Å². The molecule has 0 radical (unpaired) electrons. The second-order valence-electron chi connectivity index (χ2n) is 7.86. The minimum absolute atomic E-state index is 0.0502. The fraction of sp³-hybridized carbons (Fsp3) is 0.636. The maximum absolute atomic E-state index is 12.9. The lowest BCUT2D eigenvalue weighted by Crippen LogP contribution is -2.52. The van der Waals surface area contributed by atoms with E-state index in [2.05, 4.69) is 34.5 Å². The molecular weight excluding hydrogens is 354 g/mol. The molecule has 154 valence electrons. The molecule has 0 spiro atoms. The van der Waals surface area contributed by atoms with Crippen molar-refractivity contribution < 1.29 is 14.3 Å². The van der Waals surface area contributed by atoms with Crippen molar-refractivity contribution in [2.24, 2.45) is 5.92 Å². The van der Waals surface area contributed by atoms with E-state index in [9.17, 15) is 9.59 Å². The van der Waals surface area contributed by atoms with Crippen molar-refractivity contribution in [3.05, 3.63) is 35.9 Å². The molecule has 2 saturated heterocycles. The first kappa shape index (κ1) is 20.8. The molecule has 2 heterocycles. The number of likely N-dealkylation sites (tertiary alicyclic amines) is 2. The highest BCUT2D eigenvalue weighted by Gasteiger charge is 2.35. The van der Waals surface area contributed by atoms with Gasteiger partial charge in [-0.15, -0.1) is 0 Å². The molecule has 0 aromatic heterocycles. The normalized spacial score (nSPS) is 23.2. The molecule has 0 unspecified atom stereocenters. The smallest absolute Gasteiger partial charge is 0.224 e. The summed E-state index contributed by atoms with van der Waals surface area (Å²) in [5.74, 6) is 0.314. The average Bonchev–Trinajstić information content (AvgIpc) is 3.12. The molecule has 0 saturated carbocycles. The summed E-state index contributed by atoms with van der Waals surface area (Å²) in [5, 5.41) is 3.10. The van der Waals surface area contributed by atoms with E-state index < -0.39 is 0 Å². The van der Waals surface area contributed by atoms with E-state index >= 15 is 0 Å². The van der Waals surface area contributed by atoms with Crippen LogP contribution in [0.2, 0.25) is 0 Å². The van der Waals surface area contributed by atoms with Gasteiger partial charge >= 0.3 is 0 Å².